The summed E-state index contributed by atoms with van der Waals surface area (Å²) in [4.78, 5) is 0. The summed E-state index contributed by atoms with van der Waals surface area (Å²) in [5.74, 6) is 0. The molecule has 0 bridgehead atoms. The summed E-state index contributed by atoms with van der Waals surface area (Å²) in [5, 5.41) is 0. The van der Waals surface area contributed by atoms with Crippen molar-refractivity contribution in [1.29, 1.82) is 0 Å². The Kier molecular flexibility index (Phi) is 6.91. The second kappa shape index (κ2) is 6.80. The Hall–Kier alpha value is 2.17. The molecule has 1 heterocycles. The van der Waals surface area contributed by atoms with Gasteiger partial charge in [0.2, 0.25) is 0 Å². The van der Waals surface area contributed by atoms with Crippen LogP contribution in [0.15, 0.2) is 0 Å². The van der Waals surface area contributed by atoms with Crippen LogP contribution in [0.25, 0.3) is 0 Å². The van der Waals surface area contributed by atoms with E-state index in [1.807, 2.05) is 0 Å². The Morgan fingerprint density at radius 1 is 0.929 bits per heavy atom. The van der Waals surface area contributed by atoms with Crippen molar-refractivity contribution >= 4 is 82.7 Å². The average molecular weight is 341 g/mol. The van der Waals surface area contributed by atoms with E-state index >= 15 is 0 Å². The van der Waals surface area contributed by atoms with Crippen molar-refractivity contribution in [2.45, 2.75) is 26.2 Å². The first-order chi connectivity index (χ1) is 6.71. The van der Waals surface area contributed by atoms with E-state index in [1.54, 1.807) is 8.55 Å². The average Bonchev–Trinajstić information content (AvgIpc) is 2.28. The highest BCUT2D eigenvalue weighted by atomic mass is 30.4. The van der Waals surface area contributed by atoms with E-state index in [2.05, 4.69) is 26.2 Å². The van der Waals surface area contributed by atoms with Gasteiger partial charge in [-0.05, 0) is 0 Å². The topological polar surface area (TPSA) is 0 Å². The normalized spacial score (nSPS) is 24.0. The molecular weight excluding hydrogens is 329 g/mol. The van der Waals surface area contributed by atoms with Crippen LogP contribution in [-0.4, -0.2) is 82.7 Å². The highest BCUT2D eigenvalue weighted by Crippen LogP contribution is 2.05. The summed E-state index contributed by atoms with van der Waals surface area (Å²) >= 11 is 0. The lowest BCUT2D eigenvalue weighted by atomic mass is 11.9. The third-order valence-electron chi connectivity index (χ3n) is 2.19. The predicted octanol–water partition coefficient (Wildman–Crippen LogP) is -1.47. The van der Waals surface area contributed by atoms with Gasteiger partial charge in [0.05, 0.1) is 0 Å². The molecule has 1 aliphatic heterocycles. The molecular formula is C4H12Si10. The van der Waals surface area contributed by atoms with Crippen molar-refractivity contribution in [3.8, 4) is 0 Å². The van der Waals surface area contributed by atoms with Gasteiger partial charge in [-0.1, -0.05) is 26.2 Å². The number of hydrogen-bond acceptors (Lipinski definition) is 0. The molecule has 1 aliphatic rings. The second-order valence-electron chi connectivity index (χ2n) is 2.88. The van der Waals surface area contributed by atoms with Crippen LogP contribution >= 0.6 is 0 Å². The maximum absolute atomic E-state index is 2.54. The lowest BCUT2D eigenvalue weighted by molar-refractivity contribution is 2.32. The summed E-state index contributed by atoms with van der Waals surface area (Å²) in [6.07, 6.45) is -0.567. The van der Waals surface area contributed by atoms with Gasteiger partial charge in [0, 0.05) is 82.7 Å². The second-order valence-corrected chi connectivity index (χ2v) is 59.6. The first kappa shape index (κ1) is 14.2. The van der Waals surface area contributed by atoms with E-state index in [-0.39, 0.29) is 14.7 Å². The lowest BCUT2D eigenvalue weighted by Crippen LogP contribution is -2.76. The summed E-state index contributed by atoms with van der Waals surface area (Å²) < 4.78 is 0. The van der Waals surface area contributed by atoms with E-state index in [9.17, 15) is 0 Å². The number of hydrogen-bond donors (Lipinski definition) is 0. The fourth-order valence-electron chi connectivity index (χ4n) is 1.25. The minimum absolute atomic E-state index is 0.258. The molecule has 0 aliphatic carbocycles. The third-order valence-corrected chi connectivity index (χ3v) is 110. The maximum Gasteiger partial charge on any atom is 0.0148 e. The molecule has 10 heteroatoms. The van der Waals surface area contributed by atoms with Crippen LogP contribution < -0.4 is 0 Å². The van der Waals surface area contributed by atoms with Crippen molar-refractivity contribution in [2.24, 2.45) is 0 Å². The molecule has 0 spiro atoms. The van der Waals surface area contributed by atoms with Gasteiger partial charge in [0.15, 0.2) is 0 Å². The Morgan fingerprint density at radius 2 is 1.50 bits per heavy atom. The minimum Gasteiger partial charge on any atom is -0.0761 e. The van der Waals surface area contributed by atoms with Gasteiger partial charge in [-0.15, -0.1) is 0 Å². The zero-order chi connectivity index (χ0) is 10.6. The monoisotopic (exact) mass is 340 g/mol. The smallest absolute Gasteiger partial charge is 0.0148 e. The molecule has 0 N–H and O–H groups in total. The van der Waals surface area contributed by atoms with Gasteiger partial charge >= 0.3 is 0 Å². The molecule has 1 fully saturated rings. The molecule has 0 aromatic carbocycles. The van der Waals surface area contributed by atoms with Crippen molar-refractivity contribution in [3.63, 3.8) is 0 Å². The molecule has 14 heavy (non-hydrogen) atoms. The lowest BCUT2D eigenvalue weighted by Gasteiger charge is -2.39. The van der Waals surface area contributed by atoms with Crippen molar-refractivity contribution in [2.75, 3.05) is 0 Å². The van der Waals surface area contributed by atoms with Crippen LogP contribution in [0.3, 0.4) is 0 Å². The Balaban J connectivity index is 2.63. The molecule has 0 unspecified atom stereocenters. The Bertz CT molecular complexity index is 168. The van der Waals surface area contributed by atoms with E-state index in [0.717, 1.165) is 0 Å². The van der Waals surface area contributed by atoms with Crippen LogP contribution in [0.5, 0.6) is 0 Å². The minimum atomic E-state index is -0.567. The van der Waals surface area contributed by atoms with Crippen molar-refractivity contribution < 1.29 is 0 Å². The molecule has 0 amide bonds. The van der Waals surface area contributed by atoms with Gasteiger partial charge in [0.25, 0.3) is 0 Å². The Morgan fingerprint density at radius 3 is 1.93 bits per heavy atom. The molecule has 0 atom stereocenters. The van der Waals surface area contributed by atoms with Gasteiger partial charge in [-0.2, -0.15) is 0 Å². The molecule has 0 aromatic heterocycles. The molecule has 0 aromatic rings. The highest BCUT2D eigenvalue weighted by molar-refractivity contribution is 8.12. The molecule has 1 saturated heterocycles. The predicted molar refractivity (Wildman–Crippen MR) is 81.0 cm³/mol. The van der Waals surface area contributed by atoms with E-state index < -0.39 is 6.14 Å². The number of rotatable bonds is 4. The van der Waals surface area contributed by atoms with Crippen molar-refractivity contribution in [3.05, 3.63) is 0 Å². The van der Waals surface area contributed by atoms with E-state index in [0.29, 0.717) is 0 Å². The summed E-state index contributed by atoms with van der Waals surface area (Å²) in [6, 6.07) is 0. The van der Waals surface area contributed by atoms with Gasteiger partial charge in [-0.25, -0.2) is 0 Å². The largest absolute Gasteiger partial charge is 0.0761 e. The zero-order valence-electron chi connectivity index (χ0n) is 9.00. The zero-order valence-corrected chi connectivity index (χ0v) is 19.0. The summed E-state index contributed by atoms with van der Waals surface area (Å²) in [6.45, 7) is 10.1. The first-order valence-corrected chi connectivity index (χ1v) is 28.5. The van der Waals surface area contributed by atoms with Crippen molar-refractivity contribution in [1.82, 2.24) is 0 Å². The molecule has 0 nitrogen and oxygen atoms in total. The van der Waals surface area contributed by atoms with Crippen LogP contribution in [0.1, 0.15) is 0 Å². The quantitative estimate of drug-likeness (QED) is 0.548. The molecule has 1 rings (SSSR count). The fraction of sp³-hybridized carbons (Fsp3) is 1.00. The molecule has 16 radical (unpaired) electrons. The van der Waals surface area contributed by atoms with Crippen LogP contribution in [0.2, 0.25) is 26.2 Å². The van der Waals surface area contributed by atoms with Gasteiger partial charge in [0.1, 0.15) is 0 Å². The van der Waals surface area contributed by atoms with Crippen LogP contribution in [0.4, 0.5) is 0 Å². The summed E-state index contributed by atoms with van der Waals surface area (Å²) in [5.41, 5.74) is 0. The maximum atomic E-state index is 2.54. The SMILES string of the molecule is C[Si][Si]1[Si][Si][Si]([Si]C)([Si]C)[Si][Si]1[Si]C. The standard InChI is InChI=1S/C4H12Si10/c1-5-12-9-10-14(7-3,8-4)11-13(12)6-2/h1-4H3. The third kappa shape index (κ3) is 3.33. The Labute approximate surface area is 108 Å². The fourth-order valence-corrected chi connectivity index (χ4v) is 176. The highest BCUT2D eigenvalue weighted by Gasteiger charge is 2.41. The van der Waals surface area contributed by atoms with Crippen LogP contribution in [-0.2, 0) is 0 Å². The molecule has 0 saturated carbocycles. The van der Waals surface area contributed by atoms with E-state index in [1.165, 1.54) is 53.3 Å². The van der Waals surface area contributed by atoms with E-state index in [4.69, 9.17) is 0 Å². The molecule has 68 valence electrons. The first-order valence-electron chi connectivity index (χ1n) is 4.50. The summed E-state index contributed by atoms with van der Waals surface area (Å²) in [7, 11) is 10.7. The van der Waals surface area contributed by atoms with Crippen LogP contribution in [0, 0.1) is 0 Å². The van der Waals surface area contributed by atoms with Gasteiger partial charge in [-0.3, -0.25) is 0 Å². The van der Waals surface area contributed by atoms with Gasteiger partial charge < -0.3 is 0 Å².